The number of hydrogen-bond donors (Lipinski definition) is 1. The number of carbonyl (C=O) groups excluding carboxylic acids is 1. The number of nitrogens with one attached hydrogen (secondary N) is 1. The Morgan fingerprint density at radius 1 is 1.09 bits per heavy atom. The Morgan fingerprint density at radius 3 is 2.57 bits per heavy atom. The number of nitrogens with zero attached hydrogens (tertiary/aromatic N) is 5. The highest BCUT2D eigenvalue weighted by Gasteiger charge is 2.17. The lowest BCUT2D eigenvalue weighted by Gasteiger charge is -2.10. The number of hydrazone groups is 1. The number of thioether (sulfide) groups is 1. The molecule has 0 aliphatic rings. The maximum atomic E-state index is 12.5. The molecule has 2 heterocycles. The number of aromatic nitrogens is 4. The van der Waals surface area contributed by atoms with E-state index in [2.05, 4.69) is 41.6 Å². The summed E-state index contributed by atoms with van der Waals surface area (Å²) in [4.78, 5) is 16.6. The third kappa shape index (κ3) is 5.87. The molecule has 0 fully saturated rings. The Labute approximate surface area is 214 Å². The highest BCUT2D eigenvalue weighted by atomic mass is 79.9. The molecule has 35 heavy (non-hydrogen) atoms. The van der Waals surface area contributed by atoms with Crippen molar-refractivity contribution in [2.75, 3.05) is 20.0 Å². The van der Waals surface area contributed by atoms with Crippen LogP contribution in [0.25, 0.3) is 17.1 Å². The number of benzene rings is 2. The van der Waals surface area contributed by atoms with Crippen molar-refractivity contribution < 1.29 is 14.3 Å². The zero-order valence-electron chi connectivity index (χ0n) is 18.9. The molecule has 9 nitrogen and oxygen atoms in total. The van der Waals surface area contributed by atoms with Gasteiger partial charge in [0.2, 0.25) is 0 Å². The van der Waals surface area contributed by atoms with Gasteiger partial charge in [0.05, 0.1) is 26.2 Å². The van der Waals surface area contributed by atoms with Crippen LogP contribution in [0.1, 0.15) is 5.56 Å². The highest BCUT2D eigenvalue weighted by molar-refractivity contribution is 9.10. The van der Waals surface area contributed by atoms with Gasteiger partial charge in [0.1, 0.15) is 0 Å². The van der Waals surface area contributed by atoms with E-state index in [1.807, 2.05) is 53.1 Å². The monoisotopic (exact) mass is 552 g/mol. The van der Waals surface area contributed by atoms with Gasteiger partial charge in [-0.15, -0.1) is 10.2 Å². The smallest absolute Gasteiger partial charge is 0.250 e. The first-order chi connectivity index (χ1) is 17.1. The number of halogens is 1. The predicted octanol–water partition coefficient (Wildman–Crippen LogP) is 4.35. The van der Waals surface area contributed by atoms with Gasteiger partial charge in [-0.3, -0.25) is 14.3 Å². The number of methoxy groups -OCH3 is 2. The normalized spacial score (nSPS) is 10.9. The van der Waals surface area contributed by atoms with Crippen LogP contribution in [-0.2, 0) is 4.79 Å². The van der Waals surface area contributed by atoms with E-state index in [-0.39, 0.29) is 11.7 Å². The predicted molar refractivity (Wildman–Crippen MR) is 138 cm³/mol. The standard InChI is InChI=1S/C24H21BrN6O3S/c1-33-20-5-3-4-17(22(20)34-2)14-27-28-21(32)15-35-24-30-29-23(16-10-12-26-13-11-16)31(24)19-8-6-18(25)7-9-19/h3-14H,15H2,1-2H3,(H,28,32)/b27-14-. The number of hydrogen-bond acceptors (Lipinski definition) is 8. The Morgan fingerprint density at radius 2 is 1.86 bits per heavy atom. The van der Waals surface area contributed by atoms with E-state index < -0.39 is 0 Å². The fraction of sp³-hybridized carbons (Fsp3) is 0.125. The molecule has 1 amide bonds. The Balaban J connectivity index is 1.49. The second-order valence-corrected chi connectivity index (χ2v) is 8.88. The van der Waals surface area contributed by atoms with Crippen molar-refractivity contribution in [1.82, 2.24) is 25.2 Å². The molecule has 0 saturated heterocycles. The first kappa shape index (κ1) is 24.4. The van der Waals surface area contributed by atoms with Gasteiger partial charge in [-0.1, -0.05) is 33.8 Å². The number of rotatable bonds is 9. The van der Waals surface area contributed by atoms with E-state index in [4.69, 9.17) is 9.47 Å². The third-order valence-electron chi connectivity index (χ3n) is 4.82. The van der Waals surface area contributed by atoms with Crippen molar-refractivity contribution in [2.45, 2.75) is 5.16 Å². The van der Waals surface area contributed by atoms with Gasteiger partial charge in [-0.05, 0) is 48.5 Å². The average molecular weight is 553 g/mol. The van der Waals surface area contributed by atoms with Crippen molar-refractivity contribution in [3.05, 3.63) is 77.0 Å². The summed E-state index contributed by atoms with van der Waals surface area (Å²) < 4.78 is 13.5. The van der Waals surface area contributed by atoms with Gasteiger partial charge >= 0.3 is 0 Å². The molecule has 0 saturated carbocycles. The molecule has 0 spiro atoms. The molecule has 0 bridgehead atoms. The molecule has 2 aromatic heterocycles. The highest BCUT2D eigenvalue weighted by Crippen LogP contribution is 2.30. The zero-order valence-corrected chi connectivity index (χ0v) is 21.3. The van der Waals surface area contributed by atoms with Crippen LogP contribution in [0.5, 0.6) is 11.5 Å². The molecule has 0 atom stereocenters. The Kier molecular flexibility index (Phi) is 8.11. The summed E-state index contributed by atoms with van der Waals surface area (Å²) in [5.74, 6) is 1.58. The summed E-state index contributed by atoms with van der Waals surface area (Å²) >= 11 is 4.72. The lowest BCUT2D eigenvalue weighted by Crippen LogP contribution is -2.20. The summed E-state index contributed by atoms with van der Waals surface area (Å²) in [6.07, 6.45) is 4.91. The van der Waals surface area contributed by atoms with Crippen molar-refractivity contribution in [3.63, 3.8) is 0 Å². The molecule has 0 radical (unpaired) electrons. The van der Waals surface area contributed by atoms with E-state index in [1.165, 1.54) is 18.0 Å². The van der Waals surface area contributed by atoms with Crippen LogP contribution >= 0.6 is 27.7 Å². The lowest BCUT2D eigenvalue weighted by molar-refractivity contribution is -0.118. The second-order valence-electron chi connectivity index (χ2n) is 7.02. The van der Waals surface area contributed by atoms with E-state index in [9.17, 15) is 4.79 Å². The van der Waals surface area contributed by atoms with Gasteiger partial charge in [0.15, 0.2) is 22.5 Å². The average Bonchev–Trinajstić information content (AvgIpc) is 3.32. The van der Waals surface area contributed by atoms with Crippen molar-refractivity contribution in [1.29, 1.82) is 0 Å². The van der Waals surface area contributed by atoms with Crippen molar-refractivity contribution >= 4 is 39.8 Å². The molecule has 4 rings (SSSR count). The fourth-order valence-corrected chi connectivity index (χ4v) is 4.23. The Bertz CT molecular complexity index is 1330. The third-order valence-corrected chi connectivity index (χ3v) is 6.27. The second kappa shape index (κ2) is 11.6. The van der Waals surface area contributed by atoms with E-state index >= 15 is 0 Å². The minimum Gasteiger partial charge on any atom is -0.493 e. The number of carbonyl (C=O) groups is 1. The van der Waals surface area contributed by atoms with Crippen molar-refractivity contribution in [2.24, 2.45) is 5.10 Å². The maximum Gasteiger partial charge on any atom is 0.250 e. The van der Waals surface area contributed by atoms with Gasteiger partial charge < -0.3 is 9.47 Å². The van der Waals surface area contributed by atoms with Crippen LogP contribution in [-0.4, -0.2) is 51.8 Å². The minimum absolute atomic E-state index is 0.0948. The summed E-state index contributed by atoms with van der Waals surface area (Å²) in [5, 5.41) is 13.3. The first-order valence-electron chi connectivity index (χ1n) is 10.4. The molecule has 1 N–H and O–H groups in total. The first-order valence-corrected chi connectivity index (χ1v) is 12.2. The van der Waals surface area contributed by atoms with Crippen LogP contribution < -0.4 is 14.9 Å². The molecule has 4 aromatic rings. The largest absolute Gasteiger partial charge is 0.493 e. The van der Waals surface area contributed by atoms with Crippen LogP contribution in [0.15, 0.2) is 81.7 Å². The van der Waals surface area contributed by atoms with E-state index in [1.54, 1.807) is 32.7 Å². The van der Waals surface area contributed by atoms with Gasteiger partial charge in [0, 0.05) is 33.7 Å². The summed E-state index contributed by atoms with van der Waals surface area (Å²) in [6, 6.07) is 16.9. The molecule has 0 aliphatic heterocycles. The van der Waals surface area contributed by atoms with Gasteiger partial charge in [-0.2, -0.15) is 5.10 Å². The van der Waals surface area contributed by atoms with Gasteiger partial charge in [-0.25, -0.2) is 5.43 Å². The van der Waals surface area contributed by atoms with Crippen LogP contribution in [0.4, 0.5) is 0 Å². The Hall–Kier alpha value is -3.70. The number of amides is 1. The maximum absolute atomic E-state index is 12.5. The quantitative estimate of drug-likeness (QED) is 0.187. The molecule has 0 unspecified atom stereocenters. The lowest BCUT2D eigenvalue weighted by atomic mass is 10.2. The number of para-hydroxylation sites is 1. The summed E-state index contributed by atoms with van der Waals surface area (Å²) in [5.41, 5.74) is 4.95. The molecule has 11 heteroatoms. The molecule has 178 valence electrons. The van der Waals surface area contributed by atoms with Crippen molar-refractivity contribution in [3.8, 4) is 28.6 Å². The topological polar surface area (TPSA) is 104 Å². The molecular weight excluding hydrogens is 532 g/mol. The number of ether oxygens (including phenoxy) is 2. The van der Waals surface area contributed by atoms with E-state index in [0.29, 0.717) is 28.0 Å². The SMILES string of the molecule is COc1cccc(/C=N\NC(=O)CSc2nnc(-c3ccncc3)n2-c2ccc(Br)cc2)c1OC. The number of pyridine rings is 1. The van der Waals surface area contributed by atoms with Crippen LogP contribution in [0.2, 0.25) is 0 Å². The van der Waals surface area contributed by atoms with Crippen LogP contribution in [0, 0.1) is 0 Å². The fourth-order valence-electron chi connectivity index (χ4n) is 3.22. The zero-order chi connectivity index (χ0) is 24.6. The van der Waals surface area contributed by atoms with E-state index in [0.717, 1.165) is 15.7 Å². The summed E-state index contributed by atoms with van der Waals surface area (Å²) in [7, 11) is 3.11. The van der Waals surface area contributed by atoms with Gasteiger partial charge in [0.25, 0.3) is 5.91 Å². The molecule has 2 aromatic carbocycles. The molecular formula is C24H21BrN6O3S. The van der Waals surface area contributed by atoms with Crippen LogP contribution in [0.3, 0.4) is 0 Å². The minimum atomic E-state index is -0.288. The summed E-state index contributed by atoms with van der Waals surface area (Å²) in [6.45, 7) is 0. The molecule has 0 aliphatic carbocycles.